The number of unbranched alkanes of at least 4 members (excludes halogenated alkanes) is 8. The molecule has 0 bridgehead atoms. The molecule has 5 nitrogen and oxygen atoms in total. The van der Waals surface area contributed by atoms with Gasteiger partial charge in [0.2, 0.25) is 0 Å². The number of nitro benzene ring substituents is 1. The molecule has 1 aromatic carbocycles. The predicted molar refractivity (Wildman–Crippen MR) is 89.2 cm³/mol. The smallest absolute Gasteiger partial charge is 0.310 e. The highest BCUT2D eigenvalue weighted by atomic mass is 16.6. The van der Waals surface area contributed by atoms with Crippen LogP contribution in [0.25, 0.3) is 0 Å². The van der Waals surface area contributed by atoms with Crippen LogP contribution in [0.1, 0.15) is 57.8 Å². The number of hydrogen-bond acceptors (Lipinski definition) is 4. The van der Waals surface area contributed by atoms with Gasteiger partial charge < -0.3 is 10.5 Å². The molecule has 2 N–H and O–H groups in total. The minimum absolute atomic E-state index is 0.0416. The summed E-state index contributed by atoms with van der Waals surface area (Å²) in [6.45, 7) is 1.35. The van der Waals surface area contributed by atoms with Gasteiger partial charge in [0.15, 0.2) is 5.75 Å². The van der Waals surface area contributed by atoms with E-state index >= 15 is 0 Å². The Morgan fingerprint density at radius 3 is 2.05 bits per heavy atom. The van der Waals surface area contributed by atoms with Crippen LogP contribution in [0.4, 0.5) is 5.69 Å². The van der Waals surface area contributed by atoms with Gasteiger partial charge in [0.05, 0.1) is 11.5 Å². The van der Waals surface area contributed by atoms with Gasteiger partial charge >= 0.3 is 5.69 Å². The normalized spacial score (nSPS) is 10.6. The summed E-state index contributed by atoms with van der Waals surface area (Å²) >= 11 is 0. The van der Waals surface area contributed by atoms with Crippen LogP contribution in [0, 0.1) is 10.1 Å². The molecule has 0 aliphatic carbocycles. The summed E-state index contributed by atoms with van der Waals surface area (Å²) in [6, 6.07) is 6.53. The van der Waals surface area contributed by atoms with E-state index < -0.39 is 4.92 Å². The Kier molecular flexibility index (Phi) is 10.0. The van der Waals surface area contributed by atoms with Crippen molar-refractivity contribution in [1.29, 1.82) is 0 Å². The van der Waals surface area contributed by atoms with Gasteiger partial charge in [-0.05, 0) is 25.5 Å². The number of nitro groups is 1. The fourth-order valence-corrected chi connectivity index (χ4v) is 2.40. The van der Waals surface area contributed by atoms with Gasteiger partial charge in [-0.3, -0.25) is 10.1 Å². The lowest BCUT2D eigenvalue weighted by Crippen LogP contribution is -2.00. The van der Waals surface area contributed by atoms with E-state index in [1.54, 1.807) is 18.2 Å². The summed E-state index contributed by atoms with van der Waals surface area (Å²) in [7, 11) is 0. The van der Waals surface area contributed by atoms with Crippen molar-refractivity contribution in [2.75, 3.05) is 13.2 Å². The van der Waals surface area contributed by atoms with Crippen LogP contribution in [-0.4, -0.2) is 18.1 Å². The van der Waals surface area contributed by atoms with Crippen LogP contribution in [0.5, 0.6) is 5.75 Å². The van der Waals surface area contributed by atoms with Crippen LogP contribution >= 0.6 is 0 Å². The maximum atomic E-state index is 10.8. The minimum atomic E-state index is -0.403. The summed E-state index contributed by atoms with van der Waals surface area (Å²) in [5, 5.41) is 10.8. The molecule has 5 heteroatoms. The Labute approximate surface area is 133 Å². The second-order valence-corrected chi connectivity index (χ2v) is 5.54. The van der Waals surface area contributed by atoms with Crippen LogP contribution in [-0.2, 0) is 0 Å². The fourth-order valence-electron chi connectivity index (χ4n) is 2.40. The zero-order valence-corrected chi connectivity index (χ0v) is 13.3. The maximum Gasteiger partial charge on any atom is 0.310 e. The van der Waals surface area contributed by atoms with Crippen molar-refractivity contribution >= 4 is 5.69 Å². The van der Waals surface area contributed by atoms with Crippen molar-refractivity contribution in [3.8, 4) is 5.75 Å². The first kappa shape index (κ1) is 18.4. The van der Waals surface area contributed by atoms with Crippen molar-refractivity contribution < 1.29 is 9.66 Å². The second kappa shape index (κ2) is 12.0. The zero-order valence-electron chi connectivity index (χ0n) is 13.3. The number of rotatable bonds is 13. The highest BCUT2D eigenvalue weighted by Gasteiger charge is 2.12. The van der Waals surface area contributed by atoms with Gasteiger partial charge in [0.25, 0.3) is 0 Å². The first-order valence-electron chi connectivity index (χ1n) is 8.32. The van der Waals surface area contributed by atoms with Crippen LogP contribution in [0.15, 0.2) is 24.3 Å². The zero-order chi connectivity index (χ0) is 16.0. The first-order chi connectivity index (χ1) is 10.8. The van der Waals surface area contributed by atoms with Crippen LogP contribution < -0.4 is 10.5 Å². The second-order valence-electron chi connectivity index (χ2n) is 5.54. The van der Waals surface area contributed by atoms with E-state index in [0.29, 0.717) is 12.4 Å². The lowest BCUT2D eigenvalue weighted by Gasteiger charge is -2.06. The third-order valence-corrected chi connectivity index (χ3v) is 3.67. The van der Waals surface area contributed by atoms with Gasteiger partial charge in [0, 0.05) is 6.07 Å². The average molecular weight is 308 g/mol. The third kappa shape index (κ3) is 7.98. The highest BCUT2D eigenvalue weighted by Crippen LogP contribution is 2.25. The lowest BCUT2D eigenvalue weighted by atomic mass is 10.1. The van der Waals surface area contributed by atoms with Gasteiger partial charge in [-0.25, -0.2) is 0 Å². The molecule has 0 unspecified atom stereocenters. The predicted octanol–water partition coefficient (Wildman–Crippen LogP) is 4.44. The molecule has 1 aromatic rings. The van der Waals surface area contributed by atoms with Gasteiger partial charge in [0.1, 0.15) is 0 Å². The molecule has 124 valence electrons. The van der Waals surface area contributed by atoms with Crippen molar-refractivity contribution in [3.05, 3.63) is 34.4 Å². The Bertz CT molecular complexity index is 424. The van der Waals surface area contributed by atoms with Gasteiger partial charge in [-0.1, -0.05) is 57.1 Å². The van der Waals surface area contributed by atoms with Crippen molar-refractivity contribution in [1.82, 2.24) is 0 Å². The van der Waals surface area contributed by atoms with Crippen LogP contribution in [0.2, 0.25) is 0 Å². The molecule has 0 amide bonds. The largest absolute Gasteiger partial charge is 0.487 e. The van der Waals surface area contributed by atoms with E-state index in [9.17, 15) is 10.1 Å². The molecule has 0 saturated carbocycles. The molecule has 0 aliphatic rings. The number of hydrogen-bond donors (Lipinski definition) is 1. The van der Waals surface area contributed by atoms with E-state index in [1.165, 1.54) is 44.6 Å². The molecule has 0 heterocycles. The Hall–Kier alpha value is -1.62. The minimum Gasteiger partial charge on any atom is -0.487 e. The van der Waals surface area contributed by atoms with E-state index in [0.717, 1.165) is 25.8 Å². The molecular formula is C17H28N2O3. The average Bonchev–Trinajstić information content (AvgIpc) is 2.53. The lowest BCUT2D eigenvalue weighted by molar-refractivity contribution is -0.385. The summed E-state index contributed by atoms with van der Waals surface area (Å²) in [4.78, 5) is 10.4. The Morgan fingerprint density at radius 1 is 0.909 bits per heavy atom. The molecule has 0 aliphatic heterocycles. The molecule has 0 saturated heterocycles. The highest BCUT2D eigenvalue weighted by molar-refractivity contribution is 5.45. The molecule has 0 radical (unpaired) electrons. The summed E-state index contributed by atoms with van der Waals surface area (Å²) in [5.74, 6) is 0.368. The van der Waals surface area contributed by atoms with Gasteiger partial charge in [-0.2, -0.15) is 0 Å². The van der Waals surface area contributed by atoms with E-state index in [2.05, 4.69) is 0 Å². The Morgan fingerprint density at radius 2 is 1.45 bits per heavy atom. The maximum absolute atomic E-state index is 10.8. The van der Waals surface area contributed by atoms with E-state index in [1.807, 2.05) is 0 Å². The summed E-state index contributed by atoms with van der Waals surface area (Å²) in [6.07, 6.45) is 10.8. The molecule has 1 rings (SSSR count). The van der Waals surface area contributed by atoms with Crippen molar-refractivity contribution in [3.63, 3.8) is 0 Å². The quantitative estimate of drug-likeness (QED) is 0.332. The molecule has 0 fully saturated rings. The fraction of sp³-hybridized carbons (Fsp3) is 0.647. The molecular weight excluding hydrogens is 280 g/mol. The summed E-state index contributed by atoms with van der Waals surface area (Å²) in [5.41, 5.74) is 5.50. The first-order valence-corrected chi connectivity index (χ1v) is 8.32. The molecule has 0 atom stereocenters. The molecule has 0 aromatic heterocycles. The van der Waals surface area contributed by atoms with Crippen LogP contribution in [0.3, 0.4) is 0 Å². The number of nitrogens with zero attached hydrogens (tertiary/aromatic N) is 1. The SMILES string of the molecule is NCCCCCCCCCCCOc1ccccc1[N+](=O)[O-]. The summed E-state index contributed by atoms with van der Waals surface area (Å²) < 4.78 is 5.52. The topological polar surface area (TPSA) is 78.4 Å². The molecule has 0 spiro atoms. The standard InChI is InChI=1S/C17H28N2O3/c18-14-10-6-4-2-1-3-5-7-11-15-22-17-13-9-8-12-16(17)19(20)21/h8-9,12-13H,1-7,10-11,14-15,18H2. The van der Waals surface area contributed by atoms with E-state index in [4.69, 9.17) is 10.5 Å². The number of benzene rings is 1. The number of ether oxygens (including phenoxy) is 1. The monoisotopic (exact) mass is 308 g/mol. The van der Waals surface area contributed by atoms with E-state index in [-0.39, 0.29) is 5.69 Å². The third-order valence-electron chi connectivity index (χ3n) is 3.67. The number of nitrogens with two attached hydrogens (primary N) is 1. The van der Waals surface area contributed by atoms with Gasteiger partial charge in [-0.15, -0.1) is 0 Å². The van der Waals surface area contributed by atoms with Crippen molar-refractivity contribution in [2.24, 2.45) is 5.73 Å². The van der Waals surface area contributed by atoms with Crippen molar-refractivity contribution in [2.45, 2.75) is 57.8 Å². The number of para-hydroxylation sites is 2. The Balaban J connectivity index is 2.01. The molecule has 22 heavy (non-hydrogen) atoms.